The highest BCUT2D eigenvalue weighted by atomic mass is 16.5. The molecule has 1 aromatic rings. The monoisotopic (exact) mass is 360 g/mol. The zero-order valence-corrected chi connectivity index (χ0v) is 15.0. The van der Waals surface area contributed by atoms with Gasteiger partial charge in [0.05, 0.1) is 18.7 Å². The molecular formula is C19H24N2O5. The van der Waals surface area contributed by atoms with Gasteiger partial charge in [0, 0.05) is 13.0 Å². The van der Waals surface area contributed by atoms with Crippen molar-refractivity contribution in [1.29, 1.82) is 0 Å². The van der Waals surface area contributed by atoms with Gasteiger partial charge in [-0.15, -0.1) is 6.58 Å². The number of allylic oxidation sites excluding steroid dienone is 1. The quantitative estimate of drug-likeness (QED) is 0.690. The molecule has 1 saturated heterocycles. The summed E-state index contributed by atoms with van der Waals surface area (Å²) in [6.45, 7) is 5.66. The van der Waals surface area contributed by atoms with Crippen molar-refractivity contribution in [3.8, 4) is 5.75 Å². The third-order valence-corrected chi connectivity index (χ3v) is 4.40. The second kappa shape index (κ2) is 8.51. The number of carboxylic acid groups (broad SMARTS) is 1. The molecule has 2 rings (SSSR count). The highest BCUT2D eigenvalue weighted by molar-refractivity contribution is 6.01. The van der Waals surface area contributed by atoms with Crippen molar-refractivity contribution in [2.45, 2.75) is 32.2 Å². The Bertz CT molecular complexity index is 716. The molecule has 0 bridgehead atoms. The highest BCUT2D eigenvalue weighted by Gasteiger charge is 2.37. The molecule has 1 aliphatic heterocycles. The number of nitrogens with zero attached hydrogens (tertiary/aromatic N) is 1. The van der Waals surface area contributed by atoms with Crippen LogP contribution < -0.4 is 15.0 Å². The van der Waals surface area contributed by atoms with Crippen molar-refractivity contribution in [2.24, 2.45) is 5.92 Å². The van der Waals surface area contributed by atoms with Crippen molar-refractivity contribution < 1.29 is 24.2 Å². The molecule has 2 unspecified atom stereocenters. The van der Waals surface area contributed by atoms with E-state index in [0.717, 1.165) is 5.56 Å². The van der Waals surface area contributed by atoms with E-state index in [4.69, 9.17) is 4.74 Å². The molecule has 0 aliphatic carbocycles. The van der Waals surface area contributed by atoms with Crippen molar-refractivity contribution in [1.82, 2.24) is 5.32 Å². The lowest BCUT2D eigenvalue weighted by atomic mass is 10.1. The van der Waals surface area contributed by atoms with Crippen LogP contribution in [0.3, 0.4) is 0 Å². The largest absolute Gasteiger partial charge is 0.495 e. The number of hydrogen-bond donors (Lipinski definition) is 2. The van der Waals surface area contributed by atoms with E-state index >= 15 is 0 Å². The summed E-state index contributed by atoms with van der Waals surface area (Å²) in [4.78, 5) is 37.7. The van der Waals surface area contributed by atoms with Crippen LogP contribution in [0.5, 0.6) is 5.75 Å². The molecule has 26 heavy (non-hydrogen) atoms. The van der Waals surface area contributed by atoms with Crippen molar-refractivity contribution >= 4 is 23.5 Å². The average molecular weight is 360 g/mol. The number of hydrogen-bond acceptors (Lipinski definition) is 4. The Kier molecular flexibility index (Phi) is 6.38. The van der Waals surface area contributed by atoms with Gasteiger partial charge in [0.25, 0.3) is 0 Å². The normalized spacial score (nSPS) is 17.7. The first-order valence-corrected chi connectivity index (χ1v) is 8.46. The van der Waals surface area contributed by atoms with Gasteiger partial charge in [0.1, 0.15) is 11.8 Å². The van der Waals surface area contributed by atoms with E-state index in [1.807, 2.05) is 19.1 Å². The van der Waals surface area contributed by atoms with Crippen LogP contribution in [0.1, 0.15) is 24.8 Å². The van der Waals surface area contributed by atoms with Crippen LogP contribution in [-0.4, -0.2) is 42.6 Å². The van der Waals surface area contributed by atoms with Crippen molar-refractivity contribution in [3.63, 3.8) is 0 Å². The van der Waals surface area contributed by atoms with Gasteiger partial charge in [-0.1, -0.05) is 12.1 Å². The SMILES string of the molecule is C=CCCC(NC(=O)C1CC(=O)N(c2cc(C)ccc2OC)C1)C(=O)O. The lowest BCUT2D eigenvalue weighted by Gasteiger charge is -2.20. The van der Waals surface area contributed by atoms with E-state index in [2.05, 4.69) is 11.9 Å². The van der Waals surface area contributed by atoms with Gasteiger partial charge >= 0.3 is 5.97 Å². The van der Waals surface area contributed by atoms with Gasteiger partial charge in [-0.3, -0.25) is 9.59 Å². The number of benzene rings is 1. The maximum Gasteiger partial charge on any atom is 0.326 e. The highest BCUT2D eigenvalue weighted by Crippen LogP contribution is 2.34. The summed E-state index contributed by atoms with van der Waals surface area (Å²) in [5, 5.41) is 11.8. The van der Waals surface area contributed by atoms with E-state index in [0.29, 0.717) is 17.9 Å². The zero-order chi connectivity index (χ0) is 19.3. The summed E-state index contributed by atoms with van der Waals surface area (Å²) >= 11 is 0. The van der Waals surface area contributed by atoms with Crippen molar-refractivity contribution in [3.05, 3.63) is 36.4 Å². The molecule has 2 N–H and O–H groups in total. The number of carbonyl (C=O) groups excluding carboxylic acids is 2. The molecule has 7 nitrogen and oxygen atoms in total. The first kappa shape index (κ1) is 19.5. The summed E-state index contributed by atoms with van der Waals surface area (Å²) in [7, 11) is 1.52. The van der Waals surface area contributed by atoms with Crippen LogP contribution in [0.2, 0.25) is 0 Å². The second-order valence-corrected chi connectivity index (χ2v) is 6.35. The topological polar surface area (TPSA) is 95.9 Å². The van der Waals surface area contributed by atoms with E-state index in [1.54, 1.807) is 12.1 Å². The summed E-state index contributed by atoms with van der Waals surface area (Å²) in [5.74, 6) is -1.75. The Labute approximate surface area is 152 Å². The Balaban J connectivity index is 2.11. The second-order valence-electron chi connectivity index (χ2n) is 6.35. The predicted molar refractivity (Wildman–Crippen MR) is 97.2 cm³/mol. The molecule has 1 aliphatic rings. The van der Waals surface area contributed by atoms with Crippen LogP contribution in [0, 0.1) is 12.8 Å². The fraction of sp³-hybridized carbons (Fsp3) is 0.421. The van der Waals surface area contributed by atoms with Gasteiger partial charge in [-0.2, -0.15) is 0 Å². The van der Waals surface area contributed by atoms with E-state index < -0.39 is 23.8 Å². The fourth-order valence-electron chi connectivity index (χ4n) is 2.96. The number of anilines is 1. The zero-order valence-electron chi connectivity index (χ0n) is 15.0. The number of aliphatic carboxylic acids is 1. The Hall–Kier alpha value is -2.83. The van der Waals surface area contributed by atoms with Crippen LogP contribution >= 0.6 is 0 Å². The van der Waals surface area contributed by atoms with Crippen LogP contribution in [0.25, 0.3) is 0 Å². The van der Waals surface area contributed by atoms with Crippen molar-refractivity contribution in [2.75, 3.05) is 18.6 Å². The number of aryl methyl sites for hydroxylation is 1. The number of ether oxygens (including phenoxy) is 1. The molecular weight excluding hydrogens is 336 g/mol. The van der Waals surface area contributed by atoms with E-state index in [-0.39, 0.29) is 25.3 Å². The maximum absolute atomic E-state index is 12.5. The minimum Gasteiger partial charge on any atom is -0.495 e. The smallest absolute Gasteiger partial charge is 0.326 e. The van der Waals surface area contributed by atoms with Crippen LogP contribution in [-0.2, 0) is 14.4 Å². The van der Waals surface area contributed by atoms with Gasteiger partial charge in [0.15, 0.2) is 0 Å². The summed E-state index contributed by atoms with van der Waals surface area (Å²) in [5.41, 5.74) is 1.59. The molecule has 2 atom stereocenters. The predicted octanol–water partition coefficient (Wildman–Crippen LogP) is 1.89. The number of rotatable bonds is 8. The summed E-state index contributed by atoms with van der Waals surface area (Å²) < 4.78 is 5.32. The molecule has 1 fully saturated rings. The lowest BCUT2D eigenvalue weighted by molar-refractivity contribution is -0.142. The third kappa shape index (κ3) is 4.41. The first-order chi connectivity index (χ1) is 12.4. The molecule has 2 amide bonds. The number of methoxy groups -OCH3 is 1. The maximum atomic E-state index is 12.5. The lowest BCUT2D eigenvalue weighted by Crippen LogP contribution is -2.44. The summed E-state index contributed by atoms with van der Waals surface area (Å²) in [6.07, 6.45) is 2.39. The van der Waals surface area contributed by atoms with Gasteiger partial charge < -0.3 is 20.1 Å². The number of carbonyl (C=O) groups is 3. The van der Waals surface area contributed by atoms with E-state index in [1.165, 1.54) is 12.0 Å². The molecule has 7 heteroatoms. The summed E-state index contributed by atoms with van der Waals surface area (Å²) in [6, 6.07) is 4.50. The van der Waals surface area contributed by atoms with Crippen LogP contribution in [0.4, 0.5) is 5.69 Å². The Morgan fingerprint density at radius 1 is 1.50 bits per heavy atom. The first-order valence-electron chi connectivity index (χ1n) is 8.46. The molecule has 0 spiro atoms. The minimum atomic E-state index is -1.10. The number of carboxylic acids is 1. The average Bonchev–Trinajstić information content (AvgIpc) is 2.99. The third-order valence-electron chi connectivity index (χ3n) is 4.40. The minimum absolute atomic E-state index is 0.0384. The van der Waals surface area contributed by atoms with Gasteiger partial charge in [0.2, 0.25) is 11.8 Å². The Morgan fingerprint density at radius 3 is 2.85 bits per heavy atom. The van der Waals surface area contributed by atoms with Gasteiger partial charge in [-0.05, 0) is 37.5 Å². The van der Waals surface area contributed by atoms with Crippen LogP contribution in [0.15, 0.2) is 30.9 Å². The standard InChI is InChI=1S/C19H24N2O5/c1-4-5-6-14(19(24)25)20-18(23)13-10-17(22)21(11-13)15-9-12(2)7-8-16(15)26-3/h4,7-9,13-14H,1,5-6,10-11H2,2-3H3,(H,20,23)(H,24,25). The molecule has 1 heterocycles. The fourth-order valence-corrected chi connectivity index (χ4v) is 2.96. The molecule has 1 aromatic carbocycles. The van der Waals surface area contributed by atoms with E-state index in [9.17, 15) is 19.5 Å². The number of nitrogens with one attached hydrogen (secondary N) is 1. The molecule has 0 saturated carbocycles. The Morgan fingerprint density at radius 2 is 2.23 bits per heavy atom. The molecule has 140 valence electrons. The van der Waals surface area contributed by atoms with Gasteiger partial charge in [-0.25, -0.2) is 4.79 Å². The molecule has 0 radical (unpaired) electrons. The molecule has 0 aromatic heterocycles. The number of amides is 2.